The zero-order valence-electron chi connectivity index (χ0n) is 12.9. The highest BCUT2D eigenvalue weighted by Gasteiger charge is 2.47. The van der Waals surface area contributed by atoms with Crippen LogP contribution in [0.15, 0.2) is 11.1 Å². The van der Waals surface area contributed by atoms with Crippen molar-refractivity contribution in [3.05, 3.63) is 11.1 Å². The Morgan fingerprint density at radius 3 is 1.67 bits per heavy atom. The summed E-state index contributed by atoms with van der Waals surface area (Å²) in [5, 5.41) is 0. The number of hydrogen-bond donors (Lipinski definition) is 0. The van der Waals surface area contributed by atoms with Crippen molar-refractivity contribution in [3.8, 4) is 0 Å². The molecule has 3 rings (SSSR count). The third kappa shape index (κ3) is 2.39. The molecule has 0 aromatic carbocycles. The van der Waals surface area contributed by atoms with Gasteiger partial charge in [0.25, 0.3) is 0 Å². The average molecular weight is 292 g/mol. The SMILES string of the molecule is COC(=O)[C@@H]1C[C@@H](C(=O)OC)[C@H]2CCCC2=C2CCC[C@H]21. The van der Waals surface area contributed by atoms with Gasteiger partial charge in [-0.1, -0.05) is 11.1 Å². The number of hydrogen-bond acceptors (Lipinski definition) is 4. The topological polar surface area (TPSA) is 52.6 Å². The van der Waals surface area contributed by atoms with Gasteiger partial charge in [0.15, 0.2) is 0 Å². The molecule has 0 aliphatic heterocycles. The van der Waals surface area contributed by atoms with Gasteiger partial charge in [0, 0.05) is 0 Å². The lowest BCUT2D eigenvalue weighted by atomic mass is 9.81. The molecule has 0 radical (unpaired) electrons. The highest BCUT2D eigenvalue weighted by molar-refractivity contribution is 5.78. The van der Waals surface area contributed by atoms with E-state index in [2.05, 4.69) is 0 Å². The predicted molar refractivity (Wildman–Crippen MR) is 77.3 cm³/mol. The smallest absolute Gasteiger partial charge is 0.309 e. The third-order valence-electron chi connectivity index (χ3n) is 5.72. The maximum atomic E-state index is 12.2. The fourth-order valence-corrected chi connectivity index (χ4v) is 4.86. The van der Waals surface area contributed by atoms with E-state index in [0.29, 0.717) is 18.3 Å². The lowest BCUT2D eigenvalue weighted by molar-refractivity contribution is -0.151. The second-order valence-electron chi connectivity index (χ2n) is 6.54. The number of ether oxygens (including phenoxy) is 2. The van der Waals surface area contributed by atoms with Crippen LogP contribution in [0.4, 0.5) is 0 Å². The Kier molecular flexibility index (Phi) is 4.05. The van der Waals surface area contributed by atoms with E-state index >= 15 is 0 Å². The molecule has 0 saturated heterocycles. The molecule has 2 fully saturated rings. The number of allylic oxidation sites excluding steroid dienone is 2. The molecule has 0 amide bonds. The van der Waals surface area contributed by atoms with E-state index in [1.165, 1.54) is 25.4 Å². The van der Waals surface area contributed by atoms with Crippen LogP contribution in [0, 0.1) is 23.7 Å². The normalized spacial score (nSPS) is 35.0. The highest BCUT2D eigenvalue weighted by Crippen LogP contribution is 2.52. The van der Waals surface area contributed by atoms with Gasteiger partial charge in [0.2, 0.25) is 0 Å². The Balaban J connectivity index is 2.01. The van der Waals surface area contributed by atoms with Gasteiger partial charge in [-0.15, -0.1) is 0 Å². The van der Waals surface area contributed by atoms with Crippen LogP contribution in [0.1, 0.15) is 44.9 Å². The van der Waals surface area contributed by atoms with Crippen LogP contribution in [-0.4, -0.2) is 26.2 Å². The molecular formula is C17H24O4. The van der Waals surface area contributed by atoms with Crippen LogP contribution in [-0.2, 0) is 19.1 Å². The van der Waals surface area contributed by atoms with Crippen molar-refractivity contribution in [2.45, 2.75) is 44.9 Å². The molecule has 21 heavy (non-hydrogen) atoms. The number of carbonyl (C=O) groups excluding carboxylic acids is 2. The fourth-order valence-electron chi connectivity index (χ4n) is 4.86. The summed E-state index contributed by atoms with van der Waals surface area (Å²) in [5.41, 5.74) is 2.94. The standard InChI is InChI=1S/C17H24O4/c1-20-16(18)14-9-15(17(19)21-2)13-8-4-6-11(13)10-5-3-7-12(10)14/h12-15H,3-9H2,1-2H3/t12-,13+,14-,15-/m1/s1. The maximum Gasteiger partial charge on any atom is 0.309 e. The van der Waals surface area contributed by atoms with Gasteiger partial charge in [-0.05, 0) is 56.8 Å². The minimum atomic E-state index is -0.172. The van der Waals surface area contributed by atoms with Gasteiger partial charge in [0.1, 0.15) is 0 Å². The molecule has 4 heteroatoms. The van der Waals surface area contributed by atoms with Gasteiger partial charge in [-0.2, -0.15) is 0 Å². The van der Waals surface area contributed by atoms with E-state index in [9.17, 15) is 9.59 Å². The van der Waals surface area contributed by atoms with Crippen LogP contribution in [0.5, 0.6) is 0 Å². The summed E-state index contributed by atoms with van der Waals surface area (Å²) in [6.45, 7) is 0. The second-order valence-corrected chi connectivity index (χ2v) is 6.54. The summed E-state index contributed by atoms with van der Waals surface area (Å²) in [6.07, 6.45) is 7.20. The lowest BCUT2D eigenvalue weighted by Gasteiger charge is -2.24. The second kappa shape index (κ2) is 5.82. The minimum absolute atomic E-state index is 0.158. The Labute approximate surface area is 125 Å². The molecule has 0 spiro atoms. The average Bonchev–Trinajstić information content (AvgIpc) is 3.13. The largest absolute Gasteiger partial charge is 0.469 e. The molecule has 0 unspecified atom stereocenters. The molecule has 0 aromatic rings. The molecule has 4 nitrogen and oxygen atoms in total. The molecular weight excluding hydrogens is 268 g/mol. The zero-order valence-corrected chi connectivity index (χ0v) is 12.9. The van der Waals surface area contributed by atoms with Gasteiger partial charge >= 0.3 is 11.9 Å². The molecule has 3 aliphatic rings. The van der Waals surface area contributed by atoms with Gasteiger partial charge < -0.3 is 9.47 Å². The molecule has 116 valence electrons. The number of fused-ring (bicyclic) bond motifs is 2. The minimum Gasteiger partial charge on any atom is -0.469 e. The molecule has 0 heterocycles. The Morgan fingerprint density at radius 1 is 0.857 bits per heavy atom. The van der Waals surface area contributed by atoms with E-state index in [1.54, 1.807) is 0 Å². The number of methoxy groups -OCH3 is 2. The molecule has 4 atom stereocenters. The summed E-state index contributed by atoms with van der Waals surface area (Å²) in [7, 11) is 2.89. The first-order valence-electron chi connectivity index (χ1n) is 8.04. The molecule has 0 N–H and O–H groups in total. The van der Waals surface area contributed by atoms with Crippen LogP contribution in [0.2, 0.25) is 0 Å². The van der Waals surface area contributed by atoms with Crippen molar-refractivity contribution in [3.63, 3.8) is 0 Å². The van der Waals surface area contributed by atoms with Gasteiger partial charge in [0.05, 0.1) is 26.1 Å². The van der Waals surface area contributed by atoms with Crippen molar-refractivity contribution in [2.24, 2.45) is 23.7 Å². The van der Waals surface area contributed by atoms with Crippen molar-refractivity contribution in [2.75, 3.05) is 14.2 Å². The molecule has 3 aliphatic carbocycles. The maximum absolute atomic E-state index is 12.2. The van der Waals surface area contributed by atoms with Gasteiger partial charge in [-0.3, -0.25) is 9.59 Å². The molecule has 0 bridgehead atoms. The highest BCUT2D eigenvalue weighted by atomic mass is 16.5. The van der Waals surface area contributed by atoms with E-state index in [1.807, 2.05) is 0 Å². The first-order chi connectivity index (χ1) is 10.2. The molecule has 2 saturated carbocycles. The van der Waals surface area contributed by atoms with E-state index in [4.69, 9.17) is 9.47 Å². The first kappa shape index (κ1) is 14.6. The summed E-state index contributed by atoms with van der Waals surface area (Å²) in [6, 6.07) is 0. The molecule has 0 aromatic heterocycles. The van der Waals surface area contributed by atoms with Crippen LogP contribution in [0.3, 0.4) is 0 Å². The van der Waals surface area contributed by atoms with Crippen molar-refractivity contribution >= 4 is 11.9 Å². The number of carbonyl (C=O) groups is 2. The summed E-state index contributed by atoms with van der Waals surface area (Å²) >= 11 is 0. The number of esters is 2. The summed E-state index contributed by atoms with van der Waals surface area (Å²) in [5.74, 6) is -0.0717. The quantitative estimate of drug-likeness (QED) is 0.580. The van der Waals surface area contributed by atoms with Crippen LogP contribution in [0.25, 0.3) is 0 Å². The summed E-state index contributed by atoms with van der Waals surface area (Å²) < 4.78 is 10.0. The Morgan fingerprint density at radius 2 is 1.29 bits per heavy atom. The van der Waals surface area contributed by atoms with Crippen molar-refractivity contribution in [1.29, 1.82) is 0 Å². The summed E-state index contributed by atoms with van der Waals surface area (Å²) in [4.78, 5) is 24.5. The van der Waals surface area contributed by atoms with E-state index in [-0.39, 0.29) is 23.8 Å². The zero-order chi connectivity index (χ0) is 15.0. The fraction of sp³-hybridized carbons (Fsp3) is 0.765. The number of rotatable bonds is 2. The predicted octanol–water partition coefficient (Wildman–Crippen LogP) is 2.87. The Hall–Kier alpha value is -1.32. The van der Waals surface area contributed by atoms with Crippen molar-refractivity contribution in [1.82, 2.24) is 0 Å². The van der Waals surface area contributed by atoms with Crippen LogP contribution >= 0.6 is 0 Å². The monoisotopic (exact) mass is 292 g/mol. The Bertz CT molecular complexity index is 437. The van der Waals surface area contributed by atoms with Crippen molar-refractivity contribution < 1.29 is 19.1 Å². The van der Waals surface area contributed by atoms with Crippen LogP contribution < -0.4 is 0 Å². The van der Waals surface area contributed by atoms with E-state index in [0.717, 1.165) is 38.5 Å². The van der Waals surface area contributed by atoms with E-state index < -0.39 is 0 Å². The van der Waals surface area contributed by atoms with Gasteiger partial charge in [-0.25, -0.2) is 0 Å². The third-order valence-corrected chi connectivity index (χ3v) is 5.72. The first-order valence-corrected chi connectivity index (χ1v) is 8.04. The lowest BCUT2D eigenvalue weighted by Crippen LogP contribution is -2.30.